The fourth-order valence-electron chi connectivity index (χ4n) is 2.77. The van der Waals surface area contributed by atoms with Gasteiger partial charge >= 0.3 is 0 Å². The molecule has 0 amide bonds. The maximum atomic E-state index is 4.65. The van der Waals surface area contributed by atoms with Crippen molar-refractivity contribution in [3.63, 3.8) is 0 Å². The highest BCUT2D eigenvalue weighted by Gasteiger charge is 2.15. The number of nitrogens with one attached hydrogen (secondary N) is 2. The van der Waals surface area contributed by atoms with E-state index in [4.69, 9.17) is 0 Å². The molecule has 1 heterocycles. The Balaban J connectivity index is 1.94. The van der Waals surface area contributed by atoms with Gasteiger partial charge in [0.15, 0.2) is 0 Å². The molecule has 0 unspecified atom stereocenters. The highest BCUT2D eigenvalue weighted by molar-refractivity contribution is 5.80. The predicted molar refractivity (Wildman–Crippen MR) is 97.7 cm³/mol. The van der Waals surface area contributed by atoms with Crippen molar-refractivity contribution in [1.29, 1.82) is 0 Å². The zero-order chi connectivity index (χ0) is 16.5. The van der Waals surface area contributed by atoms with Gasteiger partial charge in [0.1, 0.15) is 0 Å². The topological polar surface area (TPSA) is 41.4 Å². The molecular weight excluding hydrogens is 284 g/mol. The Morgan fingerprint density at radius 1 is 1.04 bits per heavy atom. The lowest BCUT2D eigenvalue weighted by Gasteiger charge is -2.24. The first-order valence-corrected chi connectivity index (χ1v) is 8.96. The van der Waals surface area contributed by atoms with E-state index in [9.17, 15) is 0 Å². The largest absolute Gasteiger partial charge is 0.352 e. The molecule has 0 aromatic carbocycles. The average molecular weight is 316 g/mol. The molecule has 1 aromatic rings. The Labute approximate surface area is 141 Å². The molecule has 1 saturated carbocycles. The van der Waals surface area contributed by atoms with Crippen molar-refractivity contribution in [1.82, 2.24) is 15.3 Å². The highest BCUT2D eigenvalue weighted by atomic mass is 15.4. The van der Waals surface area contributed by atoms with E-state index in [0.29, 0.717) is 6.04 Å². The molecule has 4 nitrogen and oxygen atoms in total. The first-order valence-electron chi connectivity index (χ1n) is 8.96. The molecule has 2 radical (unpaired) electrons. The lowest BCUT2D eigenvalue weighted by atomic mass is 9.92. The Kier molecular flexibility index (Phi) is 7.00. The normalized spacial score (nSPS) is 18.3. The summed E-state index contributed by atoms with van der Waals surface area (Å²) >= 11 is 0. The number of rotatable bonds is 4. The third-order valence-electron chi connectivity index (χ3n) is 4.05. The van der Waals surface area contributed by atoms with Crippen LogP contribution in [0.2, 0.25) is 0 Å². The second-order valence-corrected chi connectivity index (χ2v) is 7.54. The lowest BCUT2D eigenvalue weighted by molar-refractivity contribution is 0.425. The summed E-state index contributed by atoms with van der Waals surface area (Å²) in [5, 5.41) is 11.6. The monoisotopic (exact) mass is 316 g/mol. The minimum atomic E-state index is 0.159. The Hall–Kier alpha value is -1.45. The van der Waals surface area contributed by atoms with Gasteiger partial charge in [-0.05, 0) is 36.8 Å². The van der Waals surface area contributed by atoms with Gasteiger partial charge in [0.25, 0.3) is 0 Å². The predicted octanol–water partition coefficient (Wildman–Crippen LogP) is 4.31. The zero-order valence-corrected chi connectivity index (χ0v) is 14.9. The number of hydrogen-bond acceptors (Lipinski definition) is 1. The average Bonchev–Trinajstić information content (AvgIpc) is 2.93. The summed E-state index contributed by atoms with van der Waals surface area (Å²) in [5.74, 6) is 0.826. The van der Waals surface area contributed by atoms with Crippen LogP contribution >= 0.6 is 0 Å². The van der Waals surface area contributed by atoms with E-state index < -0.39 is 0 Å². The molecule has 128 valence electrons. The summed E-state index contributed by atoms with van der Waals surface area (Å²) < 4.78 is 1.84. The fraction of sp³-hybridized carbons (Fsp3) is 0.632. The molecule has 0 spiro atoms. The number of aromatic nitrogens is 1. The summed E-state index contributed by atoms with van der Waals surface area (Å²) in [6, 6.07) is 4.49. The smallest absolute Gasteiger partial charge is 0.215 e. The summed E-state index contributed by atoms with van der Waals surface area (Å²) in [7, 11) is 0. The van der Waals surface area contributed by atoms with Crippen LogP contribution < -0.4 is 10.6 Å². The molecule has 2 rings (SSSR count). The maximum absolute atomic E-state index is 4.65. The van der Waals surface area contributed by atoms with Crippen molar-refractivity contribution in [3.8, 4) is 0 Å². The number of nitrogens with zero attached hydrogens (tertiary/aromatic N) is 2. The first kappa shape index (κ1) is 17.9. The van der Waals surface area contributed by atoms with Crippen LogP contribution in [-0.2, 0) is 0 Å². The van der Waals surface area contributed by atoms with E-state index in [0.717, 1.165) is 5.96 Å². The van der Waals surface area contributed by atoms with Crippen LogP contribution in [0, 0.1) is 18.4 Å². The molecule has 23 heavy (non-hydrogen) atoms. The van der Waals surface area contributed by atoms with Crippen LogP contribution in [0.4, 0.5) is 0 Å². The van der Waals surface area contributed by atoms with E-state index in [2.05, 4.69) is 42.9 Å². The molecule has 1 aliphatic carbocycles. The van der Waals surface area contributed by atoms with Gasteiger partial charge in [-0.1, -0.05) is 52.9 Å². The molecule has 1 aromatic heterocycles. The second kappa shape index (κ2) is 8.99. The summed E-state index contributed by atoms with van der Waals surface area (Å²) in [5.41, 5.74) is 0.159. The molecule has 2 N–H and O–H groups in total. The van der Waals surface area contributed by atoms with E-state index in [1.54, 1.807) is 0 Å². The molecule has 0 aliphatic heterocycles. The third-order valence-corrected chi connectivity index (χ3v) is 4.05. The third kappa shape index (κ3) is 7.58. The molecule has 0 saturated heterocycles. The Morgan fingerprint density at radius 3 is 2.26 bits per heavy atom. The van der Waals surface area contributed by atoms with Gasteiger partial charge < -0.3 is 10.6 Å². The van der Waals surface area contributed by atoms with Gasteiger partial charge in [-0.3, -0.25) is 0 Å². The summed E-state index contributed by atoms with van der Waals surface area (Å²) in [6.07, 6.45) is 15.3. The Morgan fingerprint density at radius 2 is 1.65 bits per heavy atom. The van der Waals surface area contributed by atoms with Crippen LogP contribution in [-0.4, -0.2) is 16.7 Å². The minimum Gasteiger partial charge on any atom is -0.352 e. The molecule has 4 heteroatoms. The van der Waals surface area contributed by atoms with Gasteiger partial charge in [0.05, 0.1) is 6.54 Å². The van der Waals surface area contributed by atoms with Crippen LogP contribution in [0.3, 0.4) is 0 Å². The van der Waals surface area contributed by atoms with Crippen LogP contribution in [0.15, 0.2) is 29.6 Å². The summed E-state index contributed by atoms with van der Waals surface area (Å²) in [6.45, 7) is 8.57. The summed E-state index contributed by atoms with van der Waals surface area (Å²) in [4.78, 5) is 0. The van der Waals surface area contributed by atoms with Crippen LogP contribution in [0.5, 0.6) is 0 Å². The zero-order valence-electron chi connectivity index (χ0n) is 14.9. The van der Waals surface area contributed by atoms with E-state index in [1.807, 2.05) is 35.7 Å². The molecule has 1 fully saturated rings. The number of guanidine groups is 1. The SMILES string of the molecule is CC(C)(C)[CH][CH]NC(=Nn1cccc1)NC1CCCCCCC1. The Bertz CT molecular complexity index is 448. The van der Waals surface area contributed by atoms with Crippen molar-refractivity contribution in [2.75, 3.05) is 0 Å². The molecular formula is C19H32N4. The van der Waals surface area contributed by atoms with E-state index >= 15 is 0 Å². The van der Waals surface area contributed by atoms with E-state index in [-0.39, 0.29) is 5.41 Å². The van der Waals surface area contributed by atoms with Gasteiger partial charge in [0, 0.05) is 18.4 Å². The van der Waals surface area contributed by atoms with Crippen LogP contribution in [0.1, 0.15) is 65.7 Å². The maximum Gasteiger partial charge on any atom is 0.215 e. The minimum absolute atomic E-state index is 0.159. The van der Waals surface area contributed by atoms with Crippen molar-refractivity contribution >= 4 is 5.96 Å². The van der Waals surface area contributed by atoms with Gasteiger partial charge in [0.2, 0.25) is 5.96 Å². The van der Waals surface area contributed by atoms with Crippen molar-refractivity contribution in [3.05, 3.63) is 37.5 Å². The van der Waals surface area contributed by atoms with Gasteiger partial charge in [-0.15, -0.1) is 5.10 Å². The van der Waals surface area contributed by atoms with E-state index in [1.165, 1.54) is 44.9 Å². The number of hydrogen-bond donors (Lipinski definition) is 2. The fourth-order valence-corrected chi connectivity index (χ4v) is 2.77. The first-order chi connectivity index (χ1) is 11.0. The standard InChI is InChI=1S/C19H32N4/c1-19(2,3)13-14-20-18(22-23-15-9-10-16-23)21-17-11-7-5-4-6-8-12-17/h9-10,13-17H,4-8,11-12H2,1-3H3,(H2,20,21,22). The molecule has 0 bridgehead atoms. The molecule has 1 aliphatic rings. The van der Waals surface area contributed by atoms with Gasteiger partial charge in [-0.2, -0.15) is 0 Å². The van der Waals surface area contributed by atoms with Crippen molar-refractivity contribution < 1.29 is 0 Å². The van der Waals surface area contributed by atoms with Gasteiger partial charge in [-0.25, -0.2) is 4.68 Å². The van der Waals surface area contributed by atoms with Crippen molar-refractivity contribution in [2.24, 2.45) is 10.5 Å². The highest BCUT2D eigenvalue weighted by Crippen LogP contribution is 2.18. The lowest BCUT2D eigenvalue weighted by Crippen LogP contribution is -2.43. The second-order valence-electron chi connectivity index (χ2n) is 7.54. The molecule has 0 atom stereocenters. The quantitative estimate of drug-likeness (QED) is 0.642. The van der Waals surface area contributed by atoms with Crippen molar-refractivity contribution in [2.45, 2.75) is 71.8 Å². The van der Waals surface area contributed by atoms with Crippen LogP contribution in [0.25, 0.3) is 0 Å².